The molecule has 1 aliphatic rings. The summed E-state index contributed by atoms with van der Waals surface area (Å²) in [5, 5.41) is 3.44. The molecular weight excluding hydrogens is 426 g/mol. The highest BCUT2D eigenvalue weighted by Crippen LogP contribution is 2.39. The number of thioether (sulfide) groups is 1. The standard InChI is InChI=1S/C24H25N3O4S/c1-4-31-19-12-16(10-11-18(19)30-3)17-13-20(28)25-22-21(17)23(29)26-24(27(22)2)32-14-15-8-6-5-7-9-15/h5-12,17H,4,13-14H2,1-3H3,(H,25,28). The van der Waals surface area contributed by atoms with Gasteiger partial charge in [0.2, 0.25) is 5.91 Å². The van der Waals surface area contributed by atoms with Crippen molar-refractivity contribution in [3.8, 4) is 11.5 Å². The molecular formula is C24H25N3O4S. The van der Waals surface area contributed by atoms with E-state index in [4.69, 9.17) is 9.47 Å². The van der Waals surface area contributed by atoms with E-state index in [-0.39, 0.29) is 17.9 Å². The van der Waals surface area contributed by atoms with E-state index in [2.05, 4.69) is 10.3 Å². The fourth-order valence-corrected chi connectivity index (χ4v) is 4.77. The van der Waals surface area contributed by atoms with Gasteiger partial charge in [-0.25, -0.2) is 0 Å². The zero-order chi connectivity index (χ0) is 22.7. The minimum Gasteiger partial charge on any atom is -0.493 e. The monoisotopic (exact) mass is 451 g/mol. The van der Waals surface area contributed by atoms with Crippen LogP contribution in [0.15, 0.2) is 58.5 Å². The minimum atomic E-state index is -0.414. The third-order valence-electron chi connectivity index (χ3n) is 5.40. The summed E-state index contributed by atoms with van der Waals surface area (Å²) in [5.41, 5.74) is 2.11. The molecule has 1 aliphatic heterocycles. The molecule has 0 saturated heterocycles. The van der Waals surface area contributed by atoms with Crippen LogP contribution in [0.1, 0.15) is 36.0 Å². The van der Waals surface area contributed by atoms with E-state index in [0.29, 0.717) is 40.4 Å². The topological polar surface area (TPSA) is 82.5 Å². The number of rotatable bonds is 7. The first-order valence-corrected chi connectivity index (χ1v) is 11.4. The van der Waals surface area contributed by atoms with Crippen LogP contribution in [-0.2, 0) is 17.6 Å². The van der Waals surface area contributed by atoms with Crippen LogP contribution in [-0.4, -0.2) is 29.2 Å². The van der Waals surface area contributed by atoms with Crippen molar-refractivity contribution < 1.29 is 14.3 Å². The first kappa shape index (κ1) is 22.0. The molecule has 0 radical (unpaired) electrons. The van der Waals surface area contributed by atoms with Crippen LogP contribution in [0.2, 0.25) is 0 Å². The molecule has 0 saturated carbocycles. The average Bonchev–Trinajstić information content (AvgIpc) is 2.80. The van der Waals surface area contributed by atoms with Crippen LogP contribution in [0.4, 0.5) is 5.82 Å². The number of methoxy groups -OCH3 is 1. The number of nitrogens with zero attached hydrogens (tertiary/aromatic N) is 2. The minimum absolute atomic E-state index is 0.142. The highest BCUT2D eigenvalue weighted by molar-refractivity contribution is 7.98. The van der Waals surface area contributed by atoms with Crippen molar-refractivity contribution in [1.29, 1.82) is 0 Å². The highest BCUT2D eigenvalue weighted by atomic mass is 32.2. The Kier molecular flexibility index (Phi) is 6.50. The molecule has 4 rings (SSSR count). The number of carbonyl (C=O) groups excluding carboxylic acids is 1. The Hall–Kier alpha value is -3.26. The maximum atomic E-state index is 13.1. The van der Waals surface area contributed by atoms with Gasteiger partial charge in [0.1, 0.15) is 5.82 Å². The van der Waals surface area contributed by atoms with E-state index in [9.17, 15) is 9.59 Å². The molecule has 1 unspecified atom stereocenters. The third-order valence-corrected chi connectivity index (χ3v) is 6.50. The number of hydrogen-bond donors (Lipinski definition) is 1. The number of carbonyl (C=O) groups is 1. The molecule has 0 spiro atoms. The molecule has 1 amide bonds. The number of benzene rings is 2. The molecule has 2 heterocycles. The van der Waals surface area contributed by atoms with Crippen molar-refractivity contribution in [2.75, 3.05) is 19.0 Å². The summed E-state index contributed by atoms with van der Waals surface area (Å²) in [7, 11) is 3.40. The summed E-state index contributed by atoms with van der Waals surface area (Å²) in [6.07, 6.45) is 0.165. The third kappa shape index (κ3) is 4.36. The molecule has 7 nitrogen and oxygen atoms in total. The zero-order valence-electron chi connectivity index (χ0n) is 18.3. The lowest BCUT2D eigenvalue weighted by atomic mass is 9.86. The van der Waals surface area contributed by atoms with E-state index in [1.165, 1.54) is 11.8 Å². The first-order chi connectivity index (χ1) is 15.5. The smallest absolute Gasteiger partial charge is 0.279 e. The molecule has 1 atom stereocenters. The summed E-state index contributed by atoms with van der Waals surface area (Å²) in [6.45, 7) is 2.37. The van der Waals surface area contributed by atoms with Crippen molar-refractivity contribution in [3.63, 3.8) is 0 Å². The van der Waals surface area contributed by atoms with E-state index >= 15 is 0 Å². The number of ether oxygens (including phenoxy) is 2. The van der Waals surface area contributed by atoms with Gasteiger partial charge in [-0.1, -0.05) is 48.2 Å². The van der Waals surface area contributed by atoms with E-state index in [1.807, 2.05) is 56.4 Å². The summed E-state index contributed by atoms with van der Waals surface area (Å²) in [5.74, 6) is 1.80. The Balaban J connectivity index is 1.73. The number of aromatic nitrogens is 2. The van der Waals surface area contributed by atoms with Gasteiger partial charge >= 0.3 is 0 Å². The number of fused-ring (bicyclic) bond motifs is 1. The van der Waals surface area contributed by atoms with Gasteiger partial charge in [-0.15, -0.1) is 0 Å². The van der Waals surface area contributed by atoms with Gasteiger partial charge in [0, 0.05) is 25.1 Å². The predicted molar refractivity (Wildman–Crippen MR) is 125 cm³/mol. The van der Waals surface area contributed by atoms with Crippen molar-refractivity contribution in [3.05, 3.63) is 75.6 Å². The molecule has 0 fully saturated rings. The van der Waals surface area contributed by atoms with Crippen LogP contribution in [0, 0.1) is 0 Å². The lowest BCUT2D eigenvalue weighted by molar-refractivity contribution is -0.116. The molecule has 3 aromatic rings. The second kappa shape index (κ2) is 9.48. The van der Waals surface area contributed by atoms with E-state index < -0.39 is 5.92 Å². The molecule has 1 N–H and O–H groups in total. The lowest BCUT2D eigenvalue weighted by Gasteiger charge is -2.28. The van der Waals surface area contributed by atoms with Crippen molar-refractivity contribution >= 4 is 23.5 Å². The van der Waals surface area contributed by atoms with Gasteiger partial charge < -0.3 is 19.4 Å². The maximum Gasteiger partial charge on any atom is 0.279 e. The van der Waals surface area contributed by atoms with E-state index in [0.717, 1.165) is 11.1 Å². The van der Waals surface area contributed by atoms with Crippen molar-refractivity contribution in [2.45, 2.75) is 30.2 Å². The van der Waals surface area contributed by atoms with Gasteiger partial charge in [0.15, 0.2) is 16.7 Å². The summed E-state index contributed by atoms with van der Waals surface area (Å²) in [6, 6.07) is 15.5. The first-order valence-electron chi connectivity index (χ1n) is 10.4. The second-order valence-corrected chi connectivity index (χ2v) is 8.39. The fourth-order valence-electron chi connectivity index (χ4n) is 3.85. The summed E-state index contributed by atoms with van der Waals surface area (Å²) >= 11 is 1.46. The number of nitrogens with one attached hydrogen (secondary N) is 1. The van der Waals surface area contributed by atoms with Gasteiger partial charge in [-0.3, -0.25) is 9.59 Å². The SMILES string of the molecule is CCOc1cc(C2CC(=O)Nc3c2c(=O)nc(SCc2ccccc2)n3C)ccc1OC. The normalized spacial score (nSPS) is 15.1. The van der Waals surface area contributed by atoms with Crippen LogP contribution in [0.25, 0.3) is 0 Å². The quantitative estimate of drug-likeness (QED) is 0.433. The van der Waals surface area contributed by atoms with Crippen molar-refractivity contribution in [2.24, 2.45) is 7.05 Å². The number of hydrogen-bond acceptors (Lipinski definition) is 6. The predicted octanol–water partition coefficient (Wildman–Crippen LogP) is 3.95. The van der Waals surface area contributed by atoms with Gasteiger partial charge in [0.25, 0.3) is 5.56 Å². The molecule has 0 aliphatic carbocycles. The molecule has 0 bridgehead atoms. The Morgan fingerprint density at radius 3 is 2.66 bits per heavy atom. The summed E-state index contributed by atoms with van der Waals surface area (Å²) < 4.78 is 12.9. The lowest BCUT2D eigenvalue weighted by Crippen LogP contribution is -2.33. The summed E-state index contributed by atoms with van der Waals surface area (Å²) in [4.78, 5) is 30.1. The van der Waals surface area contributed by atoms with E-state index in [1.54, 1.807) is 17.7 Å². The Bertz CT molecular complexity index is 1190. The van der Waals surface area contributed by atoms with Crippen LogP contribution < -0.4 is 20.3 Å². The fraction of sp³-hybridized carbons (Fsp3) is 0.292. The van der Waals surface area contributed by atoms with Gasteiger partial charge in [-0.05, 0) is 30.2 Å². The van der Waals surface area contributed by atoms with Crippen LogP contribution >= 0.6 is 11.8 Å². The molecule has 32 heavy (non-hydrogen) atoms. The number of anilines is 1. The Labute approximate surface area is 190 Å². The maximum absolute atomic E-state index is 13.1. The van der Waals surface area contributed by atoms with Crippen LogP contribution in [0.5, 0.6) is 11.5 Å². The average molecular weight is 452 g/mol. The van der Waals surface area contributed by atoms with Gasteiger partial charge in [0.05, 0.1) is 19.3 Å². The number of amides is 1. The molecule has 1 aromatic heterocycles. The molecule has 2 aromatic carbocycles. The Morgan fingerprint density at radius 1 is 1.16 bits per heavy atom. The van der Waals surface area contributed by atoms with Crippen molar-refractivity contribution in [1.82, 2.24) is 9.55 Å². The molecule has 166 valence electrons. The van der Waals surface area contributed by atoms with Gasteiger partial charge in [-0.2, -0.15) is 4.98 Å². The largest absolute Gasteiger partial charge is 0.493 e. The second-order valence-electron chi connectivity index (χ2n) is 7.44. The zero-order valence-corrected chi connectivity index (χ0v) is 19.1. The molecule has 8 heteroatoms. The highest BCUT2D eigenvalue weighted by Gasteiger charge is 2.32. The Morgan fingerprint density at radius 2 is 1.94 bits per heavy atom. The van der Waals surface area contributed by atoms with Crippen LogP contribution in [0.3, 0.4) is 0 Å².